The summed E-state index contributed by atoms with van der Waals surface area (Å²) in [5, 5.41) is 0. The standard InChI is InChI=1S/C16H32N2O/c1-4-18(11-14-6-5-7-14)16(12-17)8-9-19-15(10-16)13(2)3/h13-15H,4-12,17H2,1-3H3. The van der Waals surface area contributed by atoms with Crippen molar-refractivity contribution in [2.24, 2.45) is 17.6 Å². The van der Waals surface area contributed by atoms with Gasteiger partial charge in [0.25, 0.3) is 0 Å². The van der Waals surface area contributed by atoms with Crippen LogP contribution in [0, 0.1) is 11.8 Å². The summed E-state index contributed by atoms with van der Waals surface area (Å²) in [6.07, 6.45) is 6.86. The molecule has 1 saturated heterocycles. The predicted molar refractivity (Wildman–Crippen MR) is 80.2 cm³/mol. The van der Waals surface area contributed by atoms with Crippen LogP contribution in [0.3, 0.4) is 0 Å². The maximum Gasteiger partial charge on any atom is 0.0616 e. The second-order valence-corrected chi connectivity index (χ2v) is 6.87. The number of rotatable bonds is 6. The van der Waals surface area contributed by atoms with Crippen LogP contribution in [0.25, 0.3) is 0 Å². The molecule has 112 valence electrons. The maximum absolute atomic E-state index is 6.22. The topological polar surface area (TPSA) is 38.5 Å². The van der Waals surface area contributed by atoms with E-state index in [2.05, 4.69) is 25.7 Å². The van der Waals surface area contributed by atoms with Gasteiger partial charge in [0.15, 0.2) is 0 Å². The van der Waals surface area contributed by atoms with E-state index in [4.69, 9.17) is 10.5 Å². The van der Waals surface area contributed by atoms with E-state index in [1.54, 1.807) is 0 Å². The molecule has 1 aliphatic carbocycles. The molecule has 3 nitrogen and oxygen atoms in total. The van der Waals surface area contributed by atoms with Gasteiger partial charge >= 0.3 is 0 Å². The fourth-order valence-corrected chi connectivity index (χ4v) is 3.61. The Labute approximate surface area is 118 Å². The van der Waals surface area contributed by atoms with E-state index < -0.39 is 0 Å². The molecule has 0 bridgehead atoms. The van der Waals surface area contributed by atoms with E-state index >= 15 is 0 Å². The molecule has 2 atom stereocenters. The van der Waals surface area contributed by atoms with Crippen LogP contribution in [0.5, 0.6) is 0 Å². The van der Waals surface area contributed by atoms with Crippen molar-refractivity contribution in [1.82, 2.24) is 4.90 Å². The van der Waals surface area contributed by atoms with Crippen molar-refractivity contribution in [3.63, 3.8) is 0 Å². The smallest absolute Gasteiger partial charge is 0.0616 e. The zero-order chi connectivity index (χ0) is 13.9. The minimum Gasteiger partial charge on any atom is -0.378 e. The van der Waals surface area contributed by atoms with E-state index in [9.17, 15) is 0 Å². The highest BCUT2D eigenvalue weighted by atomic mass is 16.5. The highest BCUT2D eigenvalue weighted by Gasteiger charge is 2.42. The van der Waals surface area contributed by atoms with E-state index in [-0.39, 0.29) is 5.54 Å². The number of likely N-dealkylation sites (N-methyl/N-ethyl adjacent to an activating group) is 1. The van der Waals surface area contributed by atoms with Gasteiger partial charge in [0.2, 0.25) is 0 Å². The third-order valence-corrected chi connectivity index (χ3v) is 5.36. The summed E-state index contributed by atoms with van der Waals surface area (Å²) < 4.78 is 5.95. The van der Waals surface area contributed by atoms with Crippen molar-refractivity contribution >= 4 is 0 Å². The van der Waals surface area contributed by atoms with Crippen LogP contribution in [0.1, 0.15) is 52.9 Å². The van der Waals surface area contributed by atoms with Gasteiger partial charge in [-0.25, -0.2) is 0 Å². The first-order chi connectivity index (χ1) is 9.11. The Morgan fingerprint density at radius 1 is 1.37 bits per heavy atom. The molecule has 0 amide bonds. The summed E-state index contributed by atoms with van der Waals surface area (Å²) in [5.74, 6) is 1.51. The Hall–Kier alpha value is -0.120. The van der Waals surface area contributed by atoms with Crippen molar-refractivity contribution in [1.29, 1.82) is 0 Å². The normalized spacial score (nSPS) is 32.8. The van der Waals surface area contributed by atoms with Gasteiger partial charge < -0.3 is 10.5 Å². The molecule has 19 heavy (non-hydrogen) atoms. The molecule has 2 rings (SSSR count). The number of nitrogens with two attached hydrogens (primary N) is 1. The van der Waals surface area contributed by atoms with Crippen molar-refractivity contribution in [2.75, 3.05) is 26.2 Å². The fraction of sp³-hybridized carbons (Fsp3) is 1.00. The lowest BCUT2D eigenvalue weighted by atomic mass is 9.79. The molecule has 0 aromatic rings. The molecule has 0 radical (unpaired) electrons. The molecule has 1 aliphatic heterocycles. The Morgan fingerprint density at radius 2 is 2.11 bits per heavy atom. The number of hydrogen-bond donors (Lipinski definition) is 1. The van der Waals surface area contributed by atoms with Crippen molar-refractivity contribution in [2.45, 2.75) is 64.5 Å². The highest BCUT2D eigenvalue weighted by Crippen LogP contribution is 2.36. The van der Waals surface area contributed by atoms with Crippen molar-refractivity contribution in [3.05, 3.63) is 0 Å². The number of nitrogens with zero attached hydrogens (tertiary/aromatic N) is 1. The second-order valence-electron chi connectivity index (χ2n) is 6.87. The molecule has 2 fully saturated rings. The Kier molecular flexibility index (Phi) is 5.27. The molecular weight excluding hydrogens is 236 g/mol. The third-order valence-electron chi connectivity index (χ3n) is 5.36. The van der Waals surface area contributed by atoms with Crippen LogP contribution in [-0.4, -0.2) is 42.8 Å². The first kappa shape index (κ1) is 15.3. The van der Waals surface area contributed by atoms with Gasteiger partial charge in [0, 0.05) is 25.2 Å². The minimum atomic E-state index is 0.192. The fourth-order valence-electron chi connectivity index (χ4n) is 3.61. The molecule has 1 saturated carbocycles. The van der Waals surface area contributed by atoms with Crippen LogP contribution < -0.4 is 5.73 Å². The van der Waals surface area contributed by atoms with Gasteiger partial charge in [-0.2, -0.15) is 0 Å². The first-order valence-electron chi connectivity index (χ1n) is 8.18. The van der Waals surface area contributed by atoms with Crippen molar-refractivity contribution < 1.29 is 4.74 Å². The third kappa shape index (κ3) is 3.32. The van der Waals surface area contributed by atoms with Gasteiger partial charge in [-0.1, -0.05) is 27.2 Å². The van der Waals surface area contributed by atoms with Crippen LogP contribution in [-0.2, 0) is 4.74 Å². The molecule has 2 aliphatic rings. The quantitative estimate of drug-likeness (QED) is 0.805. The lowest BCUT2D eigenvalue weighted by Gasteiger charge is -2.50. The number of hydrogen-bond acceptors (Lipinski definition) is 3. The average Bonchev–Trinajstić information content (AvgIpc) is 2.37. The summed E-state index contributed by atoms with van der Waals surface area (Å²) in [6, 6.07) is 0. The Morgan fingerprint density at radius 3 is 2.58 bits per heavy atom. The van der Waals surface area contributed by atoms with Gasteiger partial charge in [0.05, 0.1) is 6.10 Å². The van der Waals surface area contributed by atoms with Crippen molar-refractivity contribution in [3.8, 4) is 0 Å². The second kappa shape index (κ2) is 6.55. The zero-order valence-electron chi connectivity index (χ0n) is 13.0. The molecule has 1 heterocycles. The molecule has 2 N–H and O–H groups in total. The summed E-state index contributed by atoms with van der Waals surface area (Å²) in [6.45, 7) is 10.8. The first-order valence-corrected chi connectivity index (χ1v) is 8.18. The Bertz CT molecular complexity index is 278. The maximum atomic E-state index is 6.22. The largest absolute Gasteiger partial charge is 0.378 e. The zero-order valence-corrected chi connectivity index (χ0v) is 13.0. The van der Waals surface area contributed by atoms with Gasteiger partial charge in [-0.3, -0.25) is 4.90 Å². The van der Waals surface area contributed by atoms with Gasteiger partial charge in [-0.05, 0) is 44.1 Å². The summed E-state index contributed by atoms with van der Waals surface area (Å²) >= 11 is 0. The van der Waals surface area contributed by atoms with E-state index in [0.29, 0.717) is 12.0 Å². The molecular formula is C16H32N2O. The van der Waals surface area contributed by atoms with Crippen LogP contribution in [0.15, 0.2) is 0 Å². The molecule has 0 aromatic carbocycles. The lowest BCUT2D eigenvalue weighted by molar-refractivity contribution is -0.0915. The van der Waals surface area contributed by atoms with Gasteiger partial charge in [0.1, 0.15) is 0 Å². The highest BCUT2D eigenvalue weighted by molar-refractivity contribution is 4.97. The number of ether oxygens (including phenoxy) is 1. The van der Waals surface area contributed by atoms with Crippen LogP contribution >= 0.6 is 0 Å². The van der Waals surface area contributed by atoms with Crippen LogP contribution in [0.2, 0.25) is 0 Å². The van der Waals surface area contributed by atoms with E-state index in [1.165, 1.54) is 25.8 Å². The SMILES string of the molecule is CCN(CC1CCC1)C1(CN)CCOC(C(C)C)C1. The molecule has 3 heteroatoms. The molecule has 0 spiro atoms. The van der Waals surface area contributed by atoms with Gasteiger partial charge in [-0.15, -0.1) is 0 Å². The minimum absolute atomic E-state index is 0.192. The summed E-state index contributed by atoms with van der Waals surface area (Å²) in [7, 11) is 0. The summed E-state index contributed by atoms with van der Waals surface area (Å²) in [4.78, 5) is 2.68. The predicted octanol–water partition coefficient (Wildman–Crippen LogP) is 2.64. The average molecular weight is 268 g/mol. The lowest BCUT2D eigenvalue weighted by Crippen LogP contribution is -2.60. The van der Waals surface area contributed by atoms with E-state index in [1.807, 2.05) is 0 Å². The monoisotopic (exact) mass is 268 g/mol. The molecule has 2 unspecified atom stereocenters. The molecule has 0 aromatic heterocycles. The van der Waals surface area contributed by atoms with Crippen LogP contribution in [0.4, 0.5) is 0 Å². The Balaban J connectivity index is 2.04. The van der Waals surface area contributed by atoms with E-state index in [0.717, 1.165) is 38.5 Å². The summed E-state index contributed by atoms with van der Waals surface area (Å²) in [5.41, 5.74) is 6.41.